The van der Waals surface area contributed by atoms with Crippen molar-refractivity contribution in [3.63, 3.8) is 0 Å². The van der Waals surface area contributed by atoms with Crippen LogP contribution in [0.3, 0.4) is 0 Å². The number of benzene rings is 1. The molecule has 1 fully saturated rings. The fraction of sp³-hybridized carbons (Fsp3) is 0.647. The summed E-state index contributed by atoms with van der Waals surface area (Å²) < 4.78 is 22.4. The zero-order valence-electron chi connectivity index (χ0n) is 13.8. The third-order valence-electron chi connectivity index (χ3n) is 4.91. The standard InChI is InChI=1S/C17H25NO4/c1-18-7-5-6-12(18)8-11-10-22-15-13(11)9-14(19-2)16(20-3)17(15)21-4/h9,11-12H,5-8,10H2,1-4H3/t11?,12-/m1/s1. The Hall–Kier alpha value is -1.62. The summed E-state index contributed by atoms with van der Waals surface area (Å²) in [5.41, 5.74) is 1.18. The summed E-state index contributed by atoms with van der Waals surface area (Å²) in [4.78, 5) is 2.45. The molecule has 2 heterocycles. The highest BCUT2D eigenvalue weighted by Crippen LogP contribution is 2.52. The molecule has 2 aliphatic rings. The monoisotopic (exact) mass is 307 g/mol. The van der Waals surface area contributed by atoms with E-state index in [4.69, 9.17) is 18.9 Å². The fourth-order valence-corrected chi connectivity index (χ4v) is 3.68. The van der Waals surface area contributed by atoms with Gasteiger partial charge in [-0.3, -0.25) is 0 Å². The van der Waals surface area contributed by atoms with Crippen LogP contribution >= 0.6 is 0 Å². The lowest BCUT2D eigenvalue weighted by Gasteiger charge is -2.22. The van der Waals surface area contributed by atoms with Gasteiger partial charge in [0.15, 0.2) is 11.5 Å². The second-order valence-corrected chi connectivity index (χ2v) is 6.08. The summed E-state index contributed by atoms with van der Waals surface area (Å²) in [7, 11) is 7.12. The van der Waals surface area contributed by atoms with Crippen molar-refractivity contribution in [1.82, 2.24) is 4.90 Å². The lowest BCUT2D eigenvalue weighted by Crippen LogP contribution is -2.27. The largest absolute Gasteiger partial charge is 0.493 e. The highest BCUT2D eigenvalue weighted by atomic mass is 16.5. The van der Waals surface area contributed by atoms with Crippen LogP contribution in [0.4, 0.5) is 0 Å². The Kier molecular flexibility index (Phi) is 4.34. The van der Waals surface area contributed by atoms with Crippen LogP contribution in [0.5, 0.6) is 23.0 Å². The van der Waals surface area contributed by atoms with Gasteiger partial charge in [0.05, 0.1) is 27.9 Å². The highest BCUT2D eigenvalue weighted by molar-refractivity contribution is 5.64. The summed E-state index contributed by atoms with van der Waals surface area (Å²) in [6.07, 6.45) is 3.67. The van der Waals surface area contributed by atoms with Crippen LogP contribution in [0.15, 0.2) is 6.07 Å². The first-order valence-electron chi connectivity index (χ1n) is 7.85. The molecular formula is C17H25NO4. The lowest BCUT2D eigenvalue weighted by atomic mass is 9.92. The van der Waals surface area contributed by atoms with Gasteiger partial charge < -0.3 is 23.8 Å². The predicted octanol–water partition coefficient (Wildman–Crippen LogP) is 2.67. The van der Waals surface area contributed by atoms with Crippen LogP contribution in [-0.2, 0) is 0 Å². The quantitative estimate of drug-likeness (QED) is 0.836. The van der Waals surface area contributed by atoms with Gasteiger partial charge in [0.25, 0.3) is 0 Å². The third kappa shape index (κ3) is 2.47. The van der Waals surface area contributed by atoms with E-state index in [0.717, 1.165) is 12.2 Å². The minimum atomic E-state index is 0.384. The van der Waals surface area contributed by atoms with Gasteiger partial charge >= 0.3 is 0 Å². The second-order valence-electron chi connectivity index (χ2n) is 6.08. The molecule has 0 radical (unpaired) electrons. The molecule has 2 aliphatic heterocycles. The van der Waals surface area contributed by atoms with Gasteiger partial charge in [0.1, 0.15) is 0 Å². The van der Waals surface area contributed by atoms with Crippen molar-refractivity contribution in [3.05, 3.63) is 11.6 Å². The first kappa shape index (κ1) is 15.3. The van der Waals surface area contributed by atoms with E-state index in [9.17, 15) is 0 Å². The molecule has 0 aliphatic carbocycles. The Morgan fingerprint density at radius 1 is 1.18 bits per heavy atom. The molecule has 0 N–H and O–H groups in total. The average molecular weight is 307 g/mol. The average Bonchev–Trinajstić information content (AvgIpc) is 3.12. The van der Waals surface area contributed by atoms with Gasteiger partial charge in [-0.25, -0.2) is 0 Å². The van der Waals surface area contributed by atoms with Crippen LogP contribution in [0, 0.1) is 0 Å². The maximum atomic E-state index is 5.94. The van der Waals surface area contributed by atoms with E-state index in [1.807, 2.05) is 6.07 Å². The van der Waals surface area contributed by atoms with Gasteiger partial charge in [-0.2, -0.15) is 0 Å². The highest BCUT2D eigenvalue weighted by Gasteiger charge is 2.34. The van der Waals surface area contributed by atoms with E-state index in [-0.39, 0.29) is 0 Å². The van der Waals surface area contributed by atoms with Crippen molar-refractivity contribution in [2.45, 2.75) is 31.2 Å². The summed E-state index contributed by atoms with van der Waals surface area (Å²) in [5.74, 6) is 3.13. The van der Waals surface area contributed by atoms with Crippen LogP contribution in [0.1, 0.15) is 30.7 Å². The summed E-state index contributed by atoms with van der Waals surface area (Å²) in [6.45, 7) is 1.90. The van der Waals surface area contributed by atoms with Gasteiger partial charge in [0.2, 0.25) is 11.5 Å². The summed E-state index contributed by atoms with van der Waals surface area (Å²) >= 11 is 0. The second kappa shape index (κ2) is 6.24. The molecule has 0 amide bonds. The minimum Gasteiger partial charge on any atom is -0.493 e. The van der Waals surface area contributed by atoms with E-state index in [1.165, 1.54) is 24.9 Å². The van der Waals surface area contributed by atoms with Crippen molar-refractivity contribution in [1.29, 1.82) is 0 Å². The van der Waals surface area contributed by atoms with Crippen molar-refractivity contribution in [3.8, 4) is 23.0 Å². The molecule has 0 aromatic heterocycles. The number of fused-ring (bicyclic) bond motifs is 1. The first-order valence-corrected chi connectivity index (χ1v) is 7.85. The van der Waals surface area contributed by atoms with Crippen LogP contribution < -0.4 is 18.9 Å². The van der Waals surface area contributed by atoms with Gasteiger partial charge in [0, 0.05) is 17.5 Å². The zero-order valence-corrected chi connectivity index (χ0v) is 13.8. The normalized spacial score (nSPS) is 24.0. The number of hydrogen-bond acceptors (Lipinski definition) is 5. The Bertz CT molecular complexity index is 546. The predicted molar refractivity (Wildman–Crippen MR) is 84.6 cm³/mol. The first-order chi connectivity index (χ1) is 10.7. The van der Waals surface area contributed by atoms with E-state index in [0.29, 0.717) is 35.8 Å². The van der Waals surface area contributed by atoms with Crippen molar-refractivity contribution in [2.24, 2.45) is 0 Å². The van der Waals surface area contributed by atoms with E-state index < -0.39 is 0 Å². The minimum absolute atomic E-state index is 0.384. The Morgan fingerprint density at radius 2 is 1.95 bits per heavy atom. The molecule has 0 saturated carbocycles. The lowest BCUT2D eigenvalue weighted by molar-refractivity contribution is 0.252. The molecule has 1 aromatic rings. The SMILES string of the molecule is COc1cc2c(c(OC)c1OC)OCC2C[C@H]1CCCN1C. The van der Waals surface area contributed by atoms with Crippen LogP contribution in [0.2, 0.25) is 0 Å². The van der Waals surface area contributed by atoms with Gasteiger partial charge in [-0.1, -0.05) is 0 Å². The molecule has 122 valence electrons. The maximum Gasteiger partial charge on any atom is 0.207 e. The number of likely N-dealkylation sites (tertiary alicyclic amines) is 1. The smallest absolute Gasteiger partial charge is 0.207 e. The maximum absolute atomic E-state index is 5.94. The van der Waals surface area contributed by atoms with Crippen molar-refractivity contribution in [2.75, 3.05) is 41.5 Å². The van der Waals surface area contributed by atoms with E-state index in [2.05, 4.69) is 11.9 Å². The molecule has 5 nitrogen and oxygen atoms in total. The Morgan fingerprint density at radius 3 is 2.55 bits per heavy atom. The summed E-state index contributed by atoms with van der Waals surface area (Å²) in [6, 6.07) is 2.68. The third-order valence-corrected chi connectivity index (χ3v) is 4.91. The number of hydrogen-bond donors (Lipinski definition) is 0. The van der Waals surface area contributed by atoms with Crippen molar-refractivity contribution < 1.29 is 18.9 Å². The number of rotatable bonds is 5. The molecule has 0 bridgehead atoms. The van der Waals surface area contributed by atoms with Crippen molar-refractivity contribution >= 4 is 0 Å². The molecule has 5 heteroatoms. The molecule has 3 rings (SSSR count). The van der Waals surface area contributed by atoms with Crippen LogP contribution in [0.25, 0.3) is 0 Å². The number of methoxy groups -OCH3 is 3. The Labute approximate surface area is 132 Å². The van der Waals surface area contributed by atoms with E-state index >= 15 is 0 Å². The molecule has 1 saturated heterocycles. The molecular weight excluding hydrogens is 282 g/mol. The topological polar surface area (TPSA) is 40.2 Å². The Balaban J connectivity index is 1.92. The molecule has 2 atom stereocenters. The fourth-order valence-electron chi connectivity index (χ4n) is 3.68. The van der Waals surface area contributed by atoms with Crippen LogP contribution in [-0.4, -0.2) is 52.5 Å². The summed E-state index contributed by atoms with van der Waals surface area (Å²) in [5, 5.41) is 0. The van der Waals surface area contributed by atoms with E-state index in [1.54, 1.807) is 21.3 Å². The number of nitrogens with zero attached hydrogens (tertiary/aromatic N) is 1. The molecule has 22 heavy (non-hydrogen) atoms. The molecule has 0 spiro atoms. The number of ether oxygens (including phenoxy) is 4. The van der Waals surface area contributed by atoms with Gasteiger partial charge in [-0.05, 0) is 38.9 Å². The molecule has 1 aromatic carbocycles. The molecule has 1 unspecified atom stereocenters. The van der Waals surface area contributed by atoms with Gasteiger partial charge in [-0.15, -0.1) is 0 Å². The zero-order chi connectivity index (χ0) is 15.7.